The SMILES string of the molecule is O=C(O)CCNC(=O)c1ccc(C2=CNC=C(c3cccc(O)c3)c3ccc([nH]3)C(c3cccc(O)c3)=c3ccc([nH]3)=C(c3cccc(O)c3)c3ccc2[nH]3)cc1. The number of amides is 1. The smallest absolute Gasteiger partial charge is 0.305 e. The fourth-order valence-corrected chi connectivity index (χ4v) is 7.02. The number of aromatic hydroxyl groups is 3. The number of hydrogen-bond donors (Lipinski definition) is 9. The number of benzene rings is 4. The van der Waals surface area contributed by atoms with Gasteiger partial charge in [-0.1, -0.05) is 48.5 Å². The zero-order valence-corrected chi connectivity index (χ0v) is 30.4. The summed E-state index contributed by atoms with van der Waals surface area (Å²) in [5.41, 5.74) is 9.59. The standard InChI is InChI=1S/C46H37N5O6/c52-32-7-1-4-29(22-32)36-26-47-25-35(27-10-12-28(13-11-27)46(57)48-21-20-43(55)56)37-14-16-39(49-37)44(30-5-2-8-33(53)23-30)41-18-19-42(51-41)45(40-17-15-38(36)50-40)31-6-3-9-34(54)24-31/h1-19,22-26,47,49-54H,20-21H2,(H,48,57)(H,55,56). The van der Waals surface area contributed by atoms with Crippen LogP contribution in [0.25, 0.3) is 22.3 Å². The van der Waals surface area contributed by atoms with Crippen molar-refractivity contribution in [2.24, 2.45) is 0 Å². The lowest BCUT2D eigenvalue weighted by molar-refractivity contribution is -0.136. The molecule has 0 aliphatic carbocycles. The molecule has 8 rings (SSSR count). The Morgan fingerprint density at radius 2 is 0.982 bits per heavy atom. The number of hydrogen-bond acceptors (Lipinski definition) is 6. The number of rotatable bonds is 8. The van der Waals surface area contributed by atoms with E-state index in [1.807, 2.05) is 79.1 Å². The molecule has 0 atom stereocenters. The average Bonchev–Trinajstić information content (AvgIpc) is 3.98. The minimum Gasteiger partial charge on any atom is -0.508 e. The number of phenolic OH excluding ortho intramolecular Hbond substituents is 3. The molecule has 7 aromatic rings. The molecule has 6 bridgehead atoms. The third-order valence-electron chi connectivity index (χ3n) is 9.68. The molecule has 1 aliphatic rings. The molecule has 57 heavy (non-hydrogen) atoms. The Hall–Kier alpha value is -7.92. The van der Waals surface area contributed by atoms with E-state index in [4.69, 9.17) is 5.11 Å². The summed E-state index contributed by atoms with van der Waals surface area (Å²) in [5, 5.41) is 48.2. The van der Waals surface area contributed by atoms with Crippen LogP contribution < -0.4 is 21.3 Å². The number of aromatic nitrogens is 3. The number of carboxylic acids is 1. The van der Waals surface area contributed by atoms with Gasteiger partial charge in [-0.05, 0) is 107 Å². The fourth-order valence-electron chi connectivity index (χ4n) is 7.02. The first-order valence-electron chi connectivity index (χ1n) is 18.2. The van der Waals surface area contributed by atoms with Crippen molar-refractivity contribution < 1.29 is 30.0 Å². The largest absolute Gasteiger partial charge is 0.508 e. The summed E-state index contributed by atoms with van der Waals surface area (Å²) < 4.78 is 0. The van der Waals surface area contributed by atoms with Gasteiger partial charge in [0.2, 0.25) is 0 Å². The van der Waals surface area contributed by atoms with Crippen LogP contribution in [-0.4, -0.2) is 53.8 Å². The number of carboxylic acid groups (broad SMARTS) is 1. The highest BCUT2D eigenvalue weighted by atomic mass is 16.4. The van der Waals surface area contributed by atoms with Crippen LogP contribution in [0.3, 0.4) is 0 Å². The molecule has 4 aromatic carbocycles. The van der Waals surface area contributed by atoms with Crippen molar-refractivity contribution in [1.29, 1.82) is 0 Å². The molecule has 4 heterocycles. The van der Waals surface area contributed by atoms with Crippen LogP contribution in [0.15, 0.2) is 146 Å². The van der Waals surface area contributed by atoms with E-state index in [9.17, 15) is 24.9 Å². The molecule has 282 valence electrons. The Morgan fingerprint density at radius 3 is 1.49 bits per heavy atom. The van der Waals surface area contributed by atoms with Crippen LogP contribution in [0.4, 0.5) is 0 Å². The first kappa shape index (κ1) is 36.1. The quantitative estimate of drug-likeness (QED) is 0.0929. The van der Waals surface area contributed by atoms with Crippen LogP contribution >= 0.6 is 0 Å². The number of aromatic amines is 3. The van der Waals surface area contributed by atoms with Crippen molar-refractivity contribution in [1.82, 2.24) is 25.6 Å². The van der Waals surface area contributed by atoms with Crippen LogP contribution in [0.2, 0.25) is 0 Å². The summed E-state index contributed by atoms with van der Waals surface area (Å²) in [7, 11) is 0. The van der Waals surface area contributed by atoms with Gasteiger partial charge in [-0.3, -0.25) is 9.59 Å². The molecule has 1 amide bonds. The molecule has 0 fully saturated rings. The maximum absolute atomic E-state index is 12.8. The lowest BCUT2D eigenvalue weighted by atomic mass is 10.0. The second kappa shape index (κ2) is 15.4. The summed E-state index contributed by atoms with van der Waals surface area (Å²) >= 11 is 0. The second-order valence-electron chi connectivity index (χ2n) is 13.5. The van der Waals surface area contributed by atoms with Crippen molar-refractivity contribution in [2.45, 2.75) is 6.42 Å². The Balaban J connectivity index is 1.35. The number of phenols is 3. The van der Waals surface area contributed by atoms with Gasteiger partial charge in [0, 0.05) is 80.3 Å². The molecule has 3 aromatic heterocycles. The Kier molecular flexibility index (Phi) is 9.77. The van der Waals surface area contributed by atoms with Gasteiger partial charge in [-0.2, -0.15) is 0 Å². The first-order chi connectivity index (χ1) is 27.7. The minimum atomic E-state index is -0.994. The van der Waals surface area contributed by atoms with Crippen LogP contribution in [0.5, 0.6) is 17.2 Å². The van der Waals surface area contributed by atoms with E-state index in [-0.39, 0.29) is 36.1 Å². The minimum absolute atomic E-state index is 0.0158. The van der Waals surface area contributed by atoms with Gasteiger partial charge in [0.15, 0.2) is 0 Å². The molecule has 11 nitrogen and oxygen atoms in total. The predicted octanol–water partition coefficient (Wildman–Crippen LogP) is 5.87. The van der Waals surface area contributed by atoms with E-state index in [2.05, 4.69) is 25.6 Å². The summed E-state index contributed by atoms with van der Waals surface area (Å²) in [6, 6.07) is 40.0. The Bertz CT molecular complexity index is 2840. The number of carbonyl (C=O) groups is 2. The van der Waals surface area contributed by atoms with Gasteiger partial charge < -0.3 is 46.0 Å². The molecule has 0 saturated carbocycles. The zero-order valence-electron chi connectivity index (χ0n) is 30.4. The highest BCUT2D eigenvalue weighted by Gasteiger charge is 2.18. The average molecular weight is 756 g/mol. The lowest BCUT2D eigenvalue weighted by Gasteiger charge is -2.12. The first-order valence-corrected chi connectivity index (χ1v) is 18.2. The summed E-state index contributed by atoms with van der Waals surface area (Å²) in [6.07, 6.45) is 3.51. The number of nitrogens with one attached hydrogen (secondary N) is 5. The molecule has 9 N–H and O–H groups in total. The number of carbonyl (C=O) groups excluding carboxylic acids is 1. The molecule has 11 heteroatoms. The monoisotopic (exact) mass is 755 g/mol. The van der Waals surface area contributed by atoms with Crippen molar-refractivity contribution >= 4 is 34.2 Å². The second-order valence-corrected chi connectivity index (χ2v) is 13.5. The maximum atomic E-state index is 12.8. The molecular weight excluding hydrogens is 719 g/mol. The van der Waals surface area contributed by atoms with Gasteiger partial charge >= 0.3 is 5.97 Å². The highest BCUT2D eigenvalue weighted by molar-refractivity contribution is 5.95. The van der Waals surface area contributed by atoms with Gasteiger partial charge in [0.25, 0.3) is 5.91 Å². The molecular formula is C46H37N5O6. The van der Waals surface area contributed by atoms with Crippen LogP contribution in [-0.2, 0) is 4.79 Å². The van der Waals surface area contributed by atoms with E-state index in [1.54, 1.807) is 66.7 Å². The lowest BCUT2D eigenvalue weighted by Crippen LogP contribution is -2.25. The third kappa shape index (κ3) is 7.71. The molecule has 0 radical (unpaired) electrons. The maximum Gasteiger partial charge on any atom is 0.305 e. The summed E-state index contributed by atoms with van der Waals surface area (Å²) in [6.45, 7) is 0.0158. The van der Waals surface area contributed by atoms with E-state index < -0.39 is 5.97 Å². The van der Waals surface area contributed by atoms with Crippen molar-refractivity contribution in [3.63, 3.8) is 0 Å². The van der Waals surface area contributed by atoms with E-state index in [1.165, 1.54) is 0 Å². The van der Waals surface area contributed by atoms with Gasteiger partial charge in [0.1, 0.15) is 17.2 Å². The molecule has 0 spiro atoms. The predicted molar refractivity (Wildman–Crippen MR) is 217 cm³/mol. The third-order valence-corrected chi connectivity index (χ3v) is 9.68. The van der Waals surface area contributed by atoms with E-state index in [0.717, 1.165) is 78.0 Å². The van der Waals surface area contributed by atoms with Gasteiger partial charge in [-0.15, -0.1) is 0 Å². The van der Waals surface area contributed by atoms with Crippen molar-refractivity contribution in [3.8, 4) is 17.2 Å². The zero-order chi connectivity index (χ0) is 39.5. The van der Waals surface area contributed by atoms with Gasteiger partial charge in [0.05, 0.1) is 6.42 Å². The van der Waals surface area contributed by atoms with E-state index in [0.29, 0.717) is 5.56 Å². The highest BCUT2D eigenvalue weighted by Crippen LogP contribution is 2.31. The molecule has 1 aliphatic heterocycles. The van der Waals surface area contributed by atoms with Gasteiger partial charge in [-0.25, -0.2) is 0 Å². The molecule has 0 unspecified atom stereocenters. The molecule has 0 saturated heterocycles. The number of fused-ring (bicyclic) bond motifs is 6. The Morgan fingerprint density at radius 1 is 0.509 bits per heavy atom. The van der Waals surface area contributed by atoms with Crippen LogP contribution in [0, 0.1) is 0 Å². The number of H-pyrrole nitrogens is 3. The summed E-state index contributed by atoms with van der Waals surface area (Å²) in [5.74, 6) is -1.02. The topological polar surface area (TPSA) is 186 Å². The van der Waals surface area contributed by atoms with E-state index >= 15 is 0 Å². The summed E-state index contributed by atoms with van der Waals surface area (Å²) in [4.78, 5) is 34.6. The Labute approximate surface area is 326 Å². The normalized spacial score (nSPS) is 12.7. The van der Waals surface area contributed by atoms with Crippen LogP contribution in [0.1, 0.15) is 61.8 Å². The van der Waals surface area contributed by atoms with Crippen molar-refractivity contribution in [2.75, 3.05) is 6.54 Å². The van der Waals surface area contributed by atoms with Crippen molar-refractivity contribution in [3.05, 3.63) is 207 Å². The number of aliphatic carboxylic acids is 1. The fraction of sp³-hybridized carbons (Fsp3) is 0.0435.